The lowest BCUT2D eigenvalue weighted by atomic mass is 10.2. The van der Waals surface area contributed by atoms with Gasteiger partial charge in [0, 0.05) is 43.9 Å². The van der Waals surface area contributed by atoms with Crippen LogP contribution in [0.1, 0.15) is 6.42 Å². The summed E-state index contributed by atoms with van der Waals surface area (Å²) in [5.41, 5.74) is 0.609. The van der Waals surface area contributed by atoms with Crippen molar-refractivity contribution >= 4 is 11.6 Å². The Morgan fingerprint density at radius 1 is 1.04 bits per heavy atom. The number of anilines is 1. The van der Waals surface area contributed by atoms with Crippen LogP contribution >= 0.6 is 0 Å². The van der Waals surface area contributed by atoms with Crippen LogP contribution in [0, 0.1) is 0 Å². The van der Waals surface area contributed by atoms with Gasteiger partial charge in [-0.2, -0.15) is 0 Å². The Hall–Kier alpha value is -1.99. The van der Waals surface area contributed by atoms with Gasteiger partial charge in [-0.25, -0.2) is 0 Å². The number of nitrogens with one attached hydrogen (secondary N) is 2. The quantitative estimate of drug-likeness (QED) is 0.630. The summed E-state index contributed by atoms with van der Waals surface area (Å²) in [7, 11) is 8.64. The average molecular weight is 325 g/mol. The van der Waals surface area contributed by atoms with Gasteiger partial charge in [-0.3, -0.25) is 4.79 Å². The van der Waals surface area contributed by atoms with E-state index < -0.39 is 0 Å². The number of amides is 1. The number of likely N-dealkylation sites (N-methyl/N-ethyl adjacent to an activating group) is 1. The highest BCUT2D eigenvalue weighted by Crippen LogP contribution is 2.39. The Morgan fingerprint density at radius 2 is 1.65 bits per heavy atom. The first kappa shape index (κ1) is 19.1. The van der Waals surface area contributed by atoms with Gasteiger partial charge in [-0.15, -0.1) is 0 Å². The largest absolute Gasteiger partial charge is 0.493 e. The predicted molar refractivity (Wildman–Crippen MR) is 90.8 cm³/mol. The van der Waals surface area contributed by atoms with Crippen LogP contribution in [0.15, 0.2) is 12.1 Å². The molecule has 0 radical (unpaired) electrons. The standard InChI is InChI=1S/C16H27N3O4/c1-19(2)9-8-17-7-6-15(20)18-12-10-13(21-3)16(23-5)14(11-12)22-4/h10-11,17H,6-9H2,1-5H3,(H,18,20). The van der Waals surface area contributed by atoms with Crippen molar-refractivity contribution in [3.8, 4) is 17.2 Å². The van der Waals surface area contributed by atoms with E-state index in [1.807, 2.05) is 14.1 Å². The third-order valence-corrected chi connectivity index (χ3v) is 3.21. The van der Waals surface area contributed by atoms with Crippen molar-refractivity contribution in [2.24, 2.45) is 0 Å². The van der Waals surface area contributed by atoms with Crippen LogP contribution in [-0.4, -0.2) is 65.9 Å². The van der Waals surface area contributed by atoms with Crippen LogP contribution in [0.4, 0.5) is 5.69 Å². The van der Waals surface area contributed by atoms with Crippen molar-refractivity contribution in [1.29, 1.82) is 0 Å². The number of carbonyl (C=O) groups excluding carboxylic acids is 1. The number of hydrogen-bond donors (Lipinski definition) is 2. The first-order valence-electron chi connectivity index (χ1n) is 7.47. The molecule has 1 aromatic carbocycles. The molecule has 7 heteroatoms. The van der Waals surface area contributed by atoms with E-state index in [2.05, 4.69) is 15.5 Å². The Balaban J connectivity index is 2.57. The lowest BCUT2D eigenvalue weighted by Crippen LogP contribution is -2.29. The first-order chi connectivity index (χ1) is 11.0. The van der Waals surface area contributed by atoms with E-state index in [0.29, 0.717) is 35.9 Å². The summed E-state index contributed by atoms with van der Waals surface area (Å²) in [6, 6.07) is 3.41. The SMILES string of the molecule is COc1cc(NC(=O)CCNCCN(C)C)cc(OC)c1OC. The number of rotatable bonds is 10. The normalized spacial score (nSPS) is 10.5. The van der Waals surface area contributed by atoms with E-state index >= 15 is 0 Å². The second kappa shape index (κ2) is 9.91. The van der Waals surface area contributed by atoms with Crippen molar-refractivity contribution in [3.63, 3.8) is 0 Å². The fourth-order valence-electron chi connectivity index (χ4n) is 2.01. The van der Waals surface area contributed by atoms with Crippen molar-refractivity contribution < 1.29 is 19.0 Å². The summed E-state index contributed by atoms with van der Waals surface area (Å²) in [4.78, 5) is 14.1. The number of methoxy groups -OCH3 is 3. The Bertz CT molecular complexity index is 481. The monoisotopic (exact) mass is 325 g/mol. The van der Waals surface area contributed by atoms with Gasteiger partial charge < -0.3 is 29.7 Å². The van der Waals surface area contributed by atoms with Gasteiger partial charge in [-0.1, -0.05) is 0 Å². The van der Waals surface area contributed by atoms with Gasteiger partial charge in [0.25, 0.3) is 0 Å². The van der Waals surface area contributed by atoms with Gasteiger partial charge in [0.15, 0.2) is 11.5 Å². The zero-order valence-corrected chi connectivity index (χ0v) is 14.6. The van der Waals surface area contributed by atoms with Crippen LogP contribution in [-0.2, 0) is 4.79 Å². The van der Waals surface area contributed by atoms with E-state index in [0.717, 1.165) is 13.1 Å². The lowest BCUT2D eigenvalue weighted by Gasteiger charge is -2.15. The molecule has 1 amide bonds. The molecule has 0 heterocycles. The molecule has 0 bridgehead atoms. The summed E-state index contributed by atoms with van der Waals surface area (Å²) < 4.78 is 15.8. The summed E-state index contributed by atoms with van der Waals surface area (Å²) in [6.07, 6.45) is 0.393. The molecule has 2 N–H and O–H groups in total. The first-order valence-corrected chi connectivity index (χ1v) is 7.47. The smallest absolute Gasteiger partial charge is 0.225 e. The molecule has 0 aliphatic heterocycles. The van der Waals surface area contributed by atoms with Crippen molar-refractivity contribution in [1.82, 2.24) is 10.2 Å². The van der Waals surface area contributed by atoms with E-state index in [4.69, 9.17) is 14.2 Å². The minimum Gasteiger partial charge on any atom is -0.493 e. The van der Waals surface area contributed by atoms with Crippen LogP contribution in [0.25, 0.3) is 0 Å². The van der Waals surface area contributed by atoms with Crippen LogP contribution in [0.2, 0.25) is 0 Å². The van der Waals surface area contributed by atoms with E-state index in [1.54, 1.807) is 12.1 Å². The van der Waals surface area contributed by atoms with Gasteiger partial charge in [0.1, 0.15) is 0 Å². The molecule has 0 aromatic heterocycles. The molecule has 1 aromatic rings. The molecule has 0 atom stereocenters. The second-order valence-corrected chi connectivity index (χ2v) is 5.27. The fraction of sp³-hybridized carbons (Fsp3) is 0.562. The van der Waals surface area contributed by atoms with E-state index in [1.165, 1.54) is 21.3 Å². The predicted octanol–water partition coefficient (Wildman–Crippen LogP) is 1.19. The highest BCUT2D eigenvalue weighted by Gasteiger charge is 2.14. The molecule has 7 nitrogen and oxygen atoms in total. The number of ether oxygens (including phenoxy) is 3. The molecule has 0 saturated carbocycles. The van der Waals surface area contributed by atoms with Crippen LogP contribution < -0.4 is 24.8 Å². The van der Waals surface area contributed by atoms with E-state index in [9.17, 15) is 4.79 Å². The number of hydrogen-bond acceptors (Lipinski definition) is 6. The highest BCUT2D eigenvalue weighted by atomic mass is 16.5. The number of carbonyl (C=O) groups is 1. The summed E-state index contributed by atoms with van der Waals surface area (Å²) in [6.45, 7) is 2.42. The molecular formula is C16H27N3O4. The van der Waals surface area contributed by atoms with Crippen LogP contribution in [0.3, 0.4) is 0 Å². The third-order valence-electron chi connectivity index (χ3n) is 3.21. The summed E-state index contributed by atoms with van der Waals surface area (Å²) in [5, 5.41) is 6.06. The Labute approximate surface area is 137 Å². The number of benzene rings is 1. The van der Waals surface area contributed by atoms with Gasteiger partial charge in [-0.05, 0) is 14.1 Å². The van der Waals surface area contributed by atoms with Gasteiger partial charge in [0.05, 0.1) is 21.3 Å². The maximum absolute atomic E-state index is 12.0. The fourth-order valence-corrected chi connectivity index (χ4v) is 2.01. The third kappa shape index (κ3) is 6.33. The van der Waals surface area contributed by atoms with E-state index in [-0.39, 0.29) is 5.91 Å². The lowest BCUT2D eigenvalue weighted by molar-refractivity contribution is -0.116. The molecule has 0 fully saturated rings. The highest BCUT2D eigenvalue weighted by molar-refractivity contribution is 5.91. The van der Waals surface area contributed by atoms with Gasteiger partial charge >= 0.3 is 0 Å². The summed E-state index contributed by atoms with van der Waals surface area (Å²) in [5.74, 6) is 1.44. The second-order valence-electron chi connectivity index (χ2n) is 5.27. The Kier molecular flexibility index (Phi) is 8.21. The molecular weight excluding hydrogens is 298 g/mol. The zero-order chi connectivity index (χ0) is 17.2. The van der Waals surface area contributed by atoms with Crippen LogP contribution in [0.5, 0.6) is 17.2 Å². The topological polar surface area (TPSA) is 72.1 Å². The zero-order valence-electron chi connectivity index (χ0n) is 14.6. The maximum atomic E-state index is 12.0. The minimum atomic E-state index is -0.0726. The van der Waals surface area contributed by atoms with Gasteiger partial charge in [0.2, 0.25) is 11.7 Å². The molecule has 0 unspecified atom stereocenters. The molecule has 0 aliphatic rings. The summed E-state index contributed by atoms with van der Waals surface area (Å²) >= 11 is 0. The van der Waals surface area contributed by atoms with Crippen molar-refractivity contribution in [2.75, 3.05) is 60.4 Å². The maximum Gasteiger partial charge on any atom is 0.225 e. The van der Waals surface area contributed by atoms with Crippen molar-refractivity contribution in [3.05, 3.63) is 12.1 Å². The molecule has 1 rings (SSSR count). The Morgan fingerprint density at radius 3 is 2.13 bits per heavy atom. The minimum absolute atomic E-state index is 0.0726. The molecule has 0 aliphatic carbocycles. The number of nitrogens with zero attached hydrogens (tertiary/aromatic N) is 1. The van der Waals surface area contributed by atoms with Crippen molar-refractivity contribution in [2.45, 2.75) is 6.42 Å². The molecule has 0 saturated heterocycles. The molecule has 23 heavy (non-hydrogen) atoms. The average Bonchev–Trinajstić information content (AvgIpc) is 2.53. The molecule has 0 spiro atoms. The molecule has 130 valence electrons.